The van der Waals surface area contributed by atoms with Gasteiger partial charge in [0.05, 0.1) is 36.4 Å². The van der Waals surface area contributed by atoms with Crippen molar-refractivity contribution >= 4 is 29.7 Å². The van der Waals surface area contributed by atoms with Crippen LogP contribution < -0.4 is 16.8 Å². The van der Waals surface area contributed by atoms with Crippen LogP contribution >= 0.6 is 0 Å². The summed E-state index contributed by atoms with van der Waals surface area (Å²) in [6, 6.07) is -1.78. The highest BCUT2D eigenvalue weighted by atomic mass is 16.6. The van der Waals surface area contributed by atoms with Crippen molar-refractivity contribution in [2.24, 2.45) is 41.1 Å². The zero-order chi connectivity index (χ0) is 57.5. The summed E-state index contributed by atoms with van der Waals surface area (Å²) in [6.45, 7) is 14.2. The van der Waals surface area contributed by atoms with Gasteiger partial charge in [0.1, 0.15) is 30.5 Å². The van der Waals surface area contributed by atoms with E-state index in [2.05, 4.69) is 5.32 Å². The number of carbonyl (C=O) groups excluding carboxylic acids is 5. The lowest BCUT2D eigenvalue weighted by Crippen LogP contribution is -2.60. The van der Waals surface area contributed by atoms with E-state index in [0.29, 0.717) is 95.6 Å². The lowest BCUT2D eigenvalue weighted by atomic mass is 9.80. The van der Waals surface area contributed by atoms with E-state index < -0.39 is 95.9 Å². The van der Waals surface area contributed by atoms with Gasteiger partial charge in [-0.3, -0.25) is 14.4 Å². The molecule has 0 aromatic heterocycles. The number of cyclic esters (lactones) is 1. The van der Waals surface area contributed by atoms with Gasteiger partial charge in [0, 0.05) is 84.1 Å². The lowest BCUT2D eigenvalue weighted by molar-refractivity contribution is -0.284. The molecule has 8 N–H and O–H groups in total. The van der Waals surface area contributed by atoms with Gasteiger partial charge < -0.3 is 70.3 Å². The largest absolute Gasteiger partial charge is 0.459 e. The molecule has 5 rings (SSSR count). The number of nitrogens with two attached hydrogens (primary N) is 2. The molecule has 0 aromatic carbocycles. The van der Waals surface area contributed by atoms with Gasteiger partial charge in [0.15, 0.2) is 11.6 Å². The summed E-state index contributed by atoms with van der Waals surface area (Å²) in [5, 5.41) is 38.4. The summed E-state index contributed by atoms with van der Waals surface area (Å²) in [4.78, 5) is 72.0. The summed E-state index contributed by atoms with van der Waals surface area (Å²) in [5.41, 5.74) is 13.8. The number of ketones is 1. The molecule has 3 saturated heterocycles. The number of piperidine rings is 2. The summed E-state index contributed by atoms with van der Waals surface area (Å²) in [7, 11) is 4.58. The van der Waals surface area contributed by atoms with E-state index >= 15 is 0 Å². The maximum atomic E-state index is 14.6. The number of carbonyl (C=O) groups is 5. The number of fused-ring (bicyclic) bond motifs is 3. The van der Waals surface area contributed by atoms with Gasteiger partial charge in [-0.2, -0.15) is 0 Å². The average molecular weight is 1100 g/mol. The van der Waals surface area contributed by atoms with Crippen molar-refractivity contribution in [1.29, 1.82) is 0 Å². The molecule has 78 heavy (non-hydrogen) atoms. The number of hydrogen-bond donors (Lipinski definition) is 6. The Morgan fingerprint density at radius 3 is 2.24 bits per heavy atom. The second-order valence-corrected chi connectivity index (χ2v) is 23.4. The average Bonchev–Trinajstić information content (AvgIpc) is 3.41. The highest BCUT2D eigenvalue weighted by Gasteiger charge is 2.47. The van der Waals surface area contributed by atoms with E-state index in [1.54, 1.807) is 39.0 Å². The first kappa shape index (κ1) is 64.8. The van der Waals surface area contributed by atoms with Crippen LogP contribution in [0.15, 0.2) is 47.6 Å². The smallest absolute Gasteiger partial charge is 0.410 e. The first-order chi connectivity index (χ1) is 37.0. The third-order valence-corrected chi connectivity index (χ3v) is 17.4. The fourth-order valence-corrected chi connectivity index (χ4v) is 12.1. The monoisotopic (exact) mass is 1100 g/mol. The summed E-state index contributed by atoms with van der Waals surface area (Å²) in [5.74, 6) is -4.85. The van der Waals surface area contributed by atoms with Crippen molar-refractivity contribution in [1.82, 2.24) is 15.1 Å². The minimum atomic E-state index is -1.80. The number of aliphatic hydroxyl groups excluding tert-OH is 2. The Balaban J connectivity index is 1.38. The molecule has 1 saturated carbocycles. The Morgan fingerprint density at radius 1 is 0.859 bits per heavy atom. The van der Waals surface area contributed by atoms with Crippen LogP contribution in [0.1, 0.15) is 145 Å². The number of likely N-dealkylation sites (N-methyl/N-ethyl adjacent to an activating group) is 1. The van der Waals surface area contributed by atoms with E-state index in [1.807, 2.05) is 65.0 Å². The molecule has 2 bridgehead atoms. The number of methoxy groups -OCH3 is 3. The molecule has 4 aliphatic heterocycles. The Hall–Kier alpha value is -4.05. The lowest BCUT2D eigenvalue weighted by Gasteiger charge is -2.44. The van der Waals surface area contributed by atoms with Crippen LogP contribution in [-0.4, -0.2) is 175 Å². The second-order valence-electron chi connectivity index (χ2n) is 23.4. The van der Waals surface area contributed by atoms with Crippen LogP contribution in [0.4, 0.5) is 4.79 Å². The number of aliphatic hydroxyl groups is 3. The molecule has 19 nitrogen and oxygen atoms in total. The summed E-state index contributed by atoms with van der Waals surface area (Å²) >= 11 is 0. The minimum Gasteiger partial charge on any atom is -0.459 e. The molecule has 16 atom stereocenters. The Bertz CT molecular complexity index is 2110. The van der Waals surface area contributed by atoms with Crippen LogP contribution in [0.2, 0.25) is 0 Å². The molecule has 4 heterocycles. The molecule has 0 radical (unpaired) electrons. The third kappa shape index (κ3) is 17.5. The van der Waals surface area contributed by atoms with Crippen LogP contribution in [0.5, 0.6) is 0 Å². The highest BCUT2D eigenvalue weighted by molar-refractivity contribution is 5.87. The number of likely N-dealkylation sites (tertiary alicyclic amines) is 1. The van der Waals surface area contributed by atoms with Crippen molar-refractivity contribution in [3.8, 4) is 0 Å². The predicted octanol–water partition coefficient (Wildman–Crippen LogP) is 5.56. The number of nitrogens with zero attached hydrogens (tertiary/aromatic N) is 2. The van der Waals surface area contributed by atoms with E-state index in [4.69, 9.17) is 39.9 Å². The molecule has 4 fully saturated rings. The first-order valence-electron chi connectivity index (χ1n) is 28.8. The molecule has 5 aliphatic rings. The molecule has 0 spiro atoms. The van der Waals surface area contributed by atoms with Gasteiger partial charge in [-0.1, -0.05) is 64.2 Å². The van der Waals surface area contributed by atoms with E-state index in [9.17, 15) is 39.3 Å². The van der Waals surface area contributed by atoms with Crippen LogP contribution in [0.25, 0.3) is 0 Å². The maximum Gasteiger partial charge on any atom is 0.410 e. The third-order valence-electron chi connectivity index (χ3n) is 17.4. The van der Waals surface area contributed by atoms with E-state index in [1.165, 1.54) is 12.0 Å². The van der Waals surface area contributed by atoms with Crippen molar-refractivity contribution in [3.63, 3.8) is 0 Å². The van der Waals surface area contributed by atoms with Crippen molar-refractivity contribution in [2.45, 2.75) is 217 Å². The summed E-state index contributed by atoms with van der Waals surface area (Å²) in [6.07, 6.45) is 10.5. The molecule has 1 aliphatic carbocycles. The fourth-order valence-electron chi connectivity index (χ4n) is 12.1. The number of allylic oxidation sites excluding steroid dienone is 5. The Labute approximate surface area is 464 Å². The Kier molecular flexibility index (Phi) is 25.0. The number of ether oxygens (including phenoxy) is 6. The summed E-state index contributed by atoms with van der Waals surface area (Å²) < 4.78 is 36.3. The zero-order valence-electron chi connectivity index (χ0n) is 48.4. The molecular weight excluding hydrogens is 1000 g/mol. The molecular formula is C59H97N5O14. The quantitative estimate of drug-likeness (QED) is 0.122. The van der Waals surface area contributed by atoms with Crippen LogP contribution in [0, 0.1) is 29.6 Å². The number of esters is 1. The van der Waals surface area contributed by atoms with E-state index in [0.717, 1.165) is 5.57 Å². The van der Waals surface area contributed by atoms with Crippen molar-refractivity contribution < 1.29 is 67.7 Å². The molecule has 442 valence electrons. The van der Waals surface area contributed by atoms with Gasteiger partial charge in [0.25, 0.3) is 0 Å². The van der Waals surface area contributed by atoms with Crippen LogP contribution in [0.3, 0.4) is 0 Å². The topological polar surface area (TPSA) is 272 Å². The number of Topliss-reactive ketones (excluding diaryl/α,β-unsaturated/α-hetero) is 1. The normalized spacial score (nSPS) is 38.3. The molecule has 0 aromatic rings. The second kappa shape index (κ2) is 30.1. The van der Waals surface area contributed by atoms with Crippen molar-refractivity contribution in [3.05, 3.63) is 47.6 Å². The van der Waals surface area contributed by atoms with Gasteiger partial charge in [-0.15, -0.1) is 0 Å². The van der Waals surface area contributed by atoms with Crippen molar-refractivity contribution in [2.75, 3.05) is 47.5 Å². The van der Waals surface area contributed by atoms with Gasteiger partial charge >= 0.3 is 12.1 Å². The predicted molar refractivity (Wildman–Crippen MR) is 295 cm³/mol. The van der Waals surface area contributed by atoms with E-state index in [-0.39, 0.29) is 68.0 Å². The fraction of sp³-hybridized carbons (Fsp3) is 0.780. The number of nitrogens with one attached hydrogen (secondary N) is 1. The number of hydrogen-bond acceptors (Lipinski definition) is 16. The van der Waals surface area contributed by atoms with Gasteiger partial charge in [-0.25, -0.2) is 9.59 Å². The minimum absolute atomic E-state index is 0.0252. The highest BCUT2D eigenvalue weighted by Crippen LogP contribution is 2.39. The van der Waals surface area contributed by atoms with Gasteiger partial charge in [-0.05, 0) is 121 Å². The standard InChI is InChI=1S/C59H97N5O14/c1-11-62-56(70)58(61)24-27-63(28-25-58)57(71)77-47-23-21-42(32-50(47)74-9)31-44(60)49-34-46(65)38(4)30-40(6)53(68)54(75-10)52(67)39(5)29-36(2)17-13-12-14-18-37(3)48(73-8)33-43-22-20-41(7)59(72,78-43)35-51(66)64-26-16-15-19-45(64)55(69)76-49/h12-14,17-18,30,36,38-39,41-50,53-54,65,68,72H,11,15-16,19-29,31-35,60-61H2,1-10H3,(H,62,70)/b14-12+,17-13+,37-18+,40-30+/t36-,38-,39-,41-,42+,43+,44-,45+,46-,47-,48+,49+,50-,53-,54+,59+/m1/s1. The SMILES string of the molecule is CCNC(=O)C1(N)CCN(C(=O)O[C@@H]2CC[C@@H](C[C@@H](N)[C@@H]3C[C@@H](O)[C@H](C)/C=C(\C)[C@@H](O)[C@@H](OC)C(=O)[C@H](C)C[C@H](C)/C=C/C=C/C=C(\C)[C@@H](OC)C[C@@H]4CC[C@@H](C)[C@](O)(CC(=O)N5CCCC[C@H]5C(=O)O3)O4)C[C@H]2OC)CC1. The van der Waals surface area contributed by atoms with Crippen LogP contribution in [-0.2, 0) is 47.6 Å². The first-order valence-corrected chi connectivity index (χ1v) is 28.8. The maximum absolute atomic E-state index is 14.6. The molecule has 3 amide bonds. The molecule has 19 heteroatoms. The molecule has 0 unspecified atom stereocenters. The van der Waals surface area contributed by atoms with Gasteiger partial charge in [0.2, 0.25) is 11.8 Å². The Morgan fingerprint density at radius 2 is 1.58 bits per heavy atom. The number of amides is 3. The zero-order valence-corrected chi connectivity index (χ0v) is 48.4. The number of rotatable bonds is 9.